The lowest BCUT2D eigenvalue weighted by molar-refractivity contribution is 0.0951. The number of rotatable bonds is 6. The van der Waals surface area contributed by atoms with Gasteiger partial charge in [-0.1, -0.05) is 18.2 Å². The SMILES string of the molecule is O=C(NCc1cccs1)c1ccc(CS(=O)(=O)C(F)F)cc1. The number of hydrogen-bond donors (Lipinski definition) is 1. The molecule has 1 aromatic heterocycles. The smallest absolute Gasteiger partial charge is 0.337 e. The molecule has 0 bridgehead atoms. The molecular formula is C14H13F2NO3S2. The van der Waals surface area contributed by atoms with E-state index >= 15 is 0 Å². The van der Waals surface area contributed by atoms with Crippen molar-refractivity contribution in [2.45, 2.75) is 18.1 Å². The molecule has 22 heavy (non-hydrogen) atoms. The zero-order valence-corrected chi connectivity index (χ0v) is 13.0. The first-order chi connectivity index (χ1) is 10.4. The van der Waals surface area contributed by atoms with Crippen LogP contribution in [-0.4, -0.2) is 20.1 Å². The number of nitrogens with one attached hydrogen (secondary N) is 1. The Morgan fingerprint density at radius 2 is 1.86 bits per heavy atom. The summed E-state index contributed by atoms with van der Waals surface area (Å²) in [5.74, 6) is -4.46. The highest BCUT2D eigenvalue weighted by Gasteiger charge is 2.24. The molecule has 0 saturated heterocycles. The van der Waals surface area contributed by atoms with Crippen LogP contribution in [0.2, 0.25) is 0 Å². The Labute approximate surface area is 130 Å². The summed E-state index contributed by atoms with van der Waals surface area (Å²) in [6.07, 6.45) is 0. The maximum atomic E-state index is 12.3. The zero-order valence-electron chi connectivity index (χ0n) is 11.3. The van der Waals surface area contributed by atoms with E-state index in [1.807, 2.05) is 17.5 Å². The van der Waals surface area contributed by atoms with Gasteiger partial charge >= 0.3 is 5.76 Å². The third kappa shape index (κ3) is 4.35. The maximum absolute atomic E-state index is 12.3. The maximum Gasteiger partial charge on any atom is 0.337 e. The van der Waals surface area contributed by atoms with Gasteiger partial charge in [0, 0.05) is 10.4 Å². The van der Waals surface area contributed by atoms with Gasteiger partial charge in [-0.05, 0) is 29.1 Å². The molecule has 0 aliphatic rings. The molecule has 8 heteroatoms. The van der Waals surface area contributed by atoms with Gasteiger partial charge in [0.25, 0.3) is 5.91 Å². The molecule has 1 aromatic carbocycles. The van der Waals surface area contributed by atoms with Gasteiger partial charge in [-0.15, -0.1) is 11.3 Å². The Hall–Kier alpha value is -1.80. The van der Waals surface area contributed by atoms with E-state index in [1.54, 1.807) is 0 Å². The number of thiophene rings is 1. The van der Waals surface area contributed by atoms with Crippen molar-refractivity contribution in [3.05, 3.63) is 57.8 Å². The largest absolute Gasteiger partial charge is 0.347 e. The van der Waals surface area contributed by atoms with Gasteiger partial charge < -0.3 is 5.32 Å². The number of carbonyl (C=O) groups excluding carboxylic acids is 1. The molecule has 4 nitrogen and oxygen atoms in total. The highest BCUT2D eigenvalue weighted by Crippen LogP contribution is 2.14. The van der Waals surface area contributed by atoms with Gasteiger partial charge in [-0.2, -0.15) is 8.78 Å². The fourth-order valence-corrected chi connectivity index (χ4v) is 3.16. The van der Waals surface area contributed by atoms with Crippen LogP contribution in [0.1, 0.15) is 20.8 Å². The van der Waals surface area contributed by atoms with Gasteiger partial charge in [0.05, 0.1) is 12.3 Å². The highest BCUT2D eigenvalue weighted by atomic mass is 32.2. The molecule has 0 spiro atoms. The van der Waals surface area contributed by atoms with E-state index in [4.69, 9.17) is 0 Å². The first-order valence-electron chi connectivity index (χ1n) is 6.28. The van der Waals surface area contributed by atoms with Crippen LogP contribution < -0.4 is 5.32 Å². The van der Waals surface area contributed by atoms with Crippen molar-refractivity contribution in [3.63, 3.8) is 0 Å². The summed E-state index contributed by atoms with van der Waals surface area (Å²) >= 11 is 1.52. The minimum atomic E-state index is -4.46. The fourth-order valence-electron chi connectivity index (χ4n) is 1.73. The first-order valence-corrected chi connectivity index (χ1v) is 8.87. The molecule has 0 unspecified atom stereocenters. The number of halogens is 2. The number of sulfone groups is 1. The van der Waals surface area contributed by atoms with Crippen LogP contribution >= 0.6 is 11.3 Å². The lowest BCUT2D eigenvalue weighted by atomic mass is 10.1. The van der Waals surface area contributed by atoms with E-state index in [0.29, 0.717) is 12.1 Å². The summed E-state index contributed by atoms with van der Waals surface area (Å²) in [4.78, 5) is 12.9. The Kier molecular flexibility index (Phi) is 5.25. The number of carbonyl (C=O) groups is 1. The number of benzene rings is 1. The Morgan fingerprint density at radius 3 is 2.41 bits per heavy atom. The van der Waals surface area contributed by atoms with Crippen LogP contribution in [0.25, 0.3) is 0 Å². The standard InChI is InChI=1S/C14H13F2NO3S2/c15-14(16)22(19,20)9-10-3-5-11(6-4-10)13(18)17-8-12-2-1-7-21-12/h1-7,14H,8-9H2,(H,17,18). The molecule has 0 aliphatic heterocycles. The lowest BCUT2D eigenvalue weighted by Crippen LogP contribution is -2.22. The average Bonchev–Trinajstić information content (AvgIpc) is 2.98. The minimum absolute atomic E-state index is 0.218. The molecule has 0 saturated carbocycles. The summed E-state index contributed by atoms with van der Waals surface area (Å²) in [7, 11) is -4.46. The first kappa shape index (κ1) is 16.6. The Morgan fingerprint density at radius 1 is 1.18 bits per heavy atom. The van der Waals surface area contributed by atoms with E-state index in [-0.39, 0.29) is 11.5 Å². The Bertz CT molecular complexity index is 726. The molecule has 1 heterocycles. The lowest BCUT2D eigenvalue weighted by Gasteiger charge is -2.06. The van der Waals surface area contributed by atoms with Crippen molar-refractivity contribution in [2.75, 3.05) is 0 Å². The van der Waals surface area contributed by atoms with Crippen molar-refractivity contribution in [2.24, 2.45) is 0 Å². The van der Waals surface area contributed by atoms with E-state index in [2.05, 4.69) is 5.32 Å². The summed E-state index contributed by atoms with van der Waals surface area (Å²) in [5.41, 5.74) is 0.560. The van der Waals surface area contributed by atoms with Gasteiger partial charge in [0.1, 0.15) is 0 Å². The van der Waals surface area contributed by atoms with Crippen LogP contribution in [0.5, 0.6) is 0 Å². The van der Waals surface area contributed by atoms with Crippen LogP contribution in [0.4, 0.5) is 8.78 Å². The van der Waals surface area contributed by atoms with Crippen molar-refractivity contribution < 1.29 is 22.0 Å². The second kappa shape index (κ2) is 6.97. The molecule has 1 N–H and O–H groups in total. The molecular weight excluding hydrogens is 332 g/mol. The third-order valence-corrected chi connectivity index (χ3v) is 5.01. The van der Waals surface area contributed by atoms with Crippen LogP contribution in [0.3, 0.4) is 0 Å². The van der Waals surface area contributed by atoms with E-state index in [1.165, 1.54) is 35.6 Å². The topological polar surface area (TPSA) is 63.2 Å². The summed E-state index contributed by atoms with van der Waals surface area (Å²) < 4.78 is 46.8. The fraction of sp³-hybridized carbons (Fsp3) is 0.214. The van der Waals surface area contributed by atoms with Crippen molar-refractivity contribution in [3.8, 4) is 0 Å². The summed E-state index contributed by atoms with van der Waals surface area (Å²) in [6.45, 7) is 0.401. The predicted molar refractivity (Wildman–Crippen MR) is 80.6 cm³/mol. The minimum Gasteiger partial charge on any atom is -0.347 e. The van der Waals surface area contributed by atoms with E-state index in [0.717, 1.165) is 4.88 Å². The molecule has 2 rings (SSSR count). The molecule has 0 aliphatic carbocycles. The molecule has 2 aromatic rings. The molecule has 1 amide bonds. The van der Waals surface area contributed by atoms with Crippen molar-refractivity contribution >= 4 is 27.1 Å². The Balaban J connectivity index is 1.98. The highest BCUT2D eigenvalue weighted by molar-refractivity contribution is 7.90. The molecule has 118 valence electrons. The normalized spacial score (nSPS) is 11.6. The predicted octanol–water partition coefficient (Wildman–Crippen LogP) is 2.82. The zero-order chi connectivity index (χ0) is 16.2. The monoisotopic (exact) mass is 345 g/mol. The molecule has 0 fully saturated rings. The van der Waals surface area contributed by atoms with Crippen molar-refractivity contribution in [1.29, 1.82) is 0 Å². The van der Waals surface area contributed by atoms with Gasteiger partial charge in [0.2, 0.25) is 9.84 Å². The quantitative estimate of drug-likeness (QED) is 0.876. The van der Waals surface area contributed by atoms with E-state index in [9.17, 15) is 22.0 Å². The van der Waals surface area contributed by atoms with Crippen LogP contribution in [0.15, 0.2) is 41.8 Å². The van der Waals surface area contributed by atoms with Gasteiger partial charge in [-0.25, -0.2) is 8.42 Å². The van der Waals surface area contributed by atoms with Gasteiger partial charge in [-0.3, -0.25) is 4.79 Å². The van der Waals surface area contributed by atoms with E-state index < -0.39 is 21.3 Å². The third-order valence-electron chi connectivity index (χ3n) is 2.86. The number of alkyl halides is 2. The summed E-state index contributed by atoms with van der Waals surface area (Å²) in [6, 6.07) is 9.33. The second-order valence-corrected chi connectivity index (χ2v) is 7.53. The summed E-state index contributed by atoms with van der Waals surface area (Å²) in [5, 5.41) is 4.62. The average molecular weight is 345 g/mol. The van der Waals surface area contributed by atoms with Crippen LogP contribution in [-0.2, 0) is 22.1 Å². The van der Waals surface area contributed by atoms with Gasteiger partial charge in [0.15, 0.2) is 0 Å². The van der Waals surface area contributed by atoms with Crippen molar-refractivity contribution in [1.82, 2.24) is 5.32 Å². The molecule has 0 radical (unpaired) electrons. The van der Waals surface area contributed by atoms with Crippen LogP contribution in [0, 0.1) is 0 Å². The number of amides is 1. The molecule has 0 atom stereocenters. The number of hydrogen-bond acceptors (Lipinski definition) is 4. The second-order valence-electron chi connectivity index (χ2n) is 4.53.